The third-order valence-electron chi connectivity index (χ3n) is 3.23. The molecule has 1 aromatic carbocycles. The lowest BCUT2D eigenvalue weighted by atomic mass is 10.2. The van der Waals surface area contributed by atoms with E-state index in [1.54, 1.807) is 31.2 Å². The molecule has 0 spiro atoms. The molecule has 0 fully saturated rings. The van der Waals surface area contributed by atoms with Crippen LogP contribution in [0.1, 0.15) is 50.4 Å². The summed E-state index contributed by atoms with van der Waals surface area (Å²) in [7, 11) is 0. The summed E-state index contributed by atoms with van der Waals surface area (Å²) >= 11 is 0. The van der Waals surface area contributed by atoms with Crippen molar-refractivity contribution in [3.05, 3.63) is 29.8 Å². The third kappa shape index (κ3) is 6.16. The first-order valence-corrected chi connectivity index (χ1v) is 7.89. The lowest BCUT2D eigenvalue weighted by molar-refractivity contribution is -0.122. The van der Waals surface area contributed by atoms with Crippen molar-refractivity contribution in [1.29, 1.82) is 0 Å². The van der Waals surface area contributed by atoms with Crippen molar-refractivity contribution in [2.75, 3.05) is 13.2 Å². The van der Waals surface area contributed by atoms with Crippen LogP contribution in [0.3, 0.4) is 0 Å². The highest BCUT2D eigenvalue weighted by molar-refractivity contribution is 5.97. The molecule has 22 heavy (non-hydrogen) atoms. The van der Waals surface area contributed by atoms with Crippen molar-refractivity contribution in [3.63, 3.8) is 0 Å². The second-order valence-corrected chi connectivity index (χ2v) is 5.17. The monoisotopic (exact) mass is 306 g/mol. The van der Waals surface area contributed by atoms with Crippen molar-refractivity contribution in [2.24, 2.45) is 0 Å². The number of ether oxygens (including phenoxy) is 1. The van der Waals surface area contributed by atoms with E-state index < -0.39 is 6.04 Å². The van der Waals surface area contributed by atoms with Gasteiger partial charge >= 0.3 is 0 Å². The van der Waals surface area contributed by atoms with Gasteiger partial charge in [0, 0.05) is 12.1 Å². The van der Waals surface area contributed by atoms with Gasteiger partial charge < -0.3 is 15.4 Å². The first kappa shape index (κ1) is 18.0. The Balaban J connectivity index is 2.48. The van der Waals surface area contributed by atoms with Crippen molar-refractivity contribution < 1.29 is 14.3 Å². The zero-order valence-corrected chi connectivity index (χ0v) is 13.6. The minimum atomic E-state index is -0.558. The summed E-state index contributed by atoms with van der Waals surface area (Å²) in [5, 5.41) is 5.34. The Morgan fingerprint density at radius 1 is 1.14 bits per heavy atom. The number of carbonyl (C=O) groups is 2. The van der Waals surface area contributed by atoms with Crippen LogP contribution in [-0.2, 0) is 4.79 Å². The van der Waals surface area contributed by atoms with Gasteiger partial charge in [0.15, 0.2) is 0 Å². The smallest absolute Gasteiger partial charge is 0.251 e. The number of carbonyl (C=O) groups excluding carboxylic acids is 2. The normalized spacial score (nSPS) is 11.6. The van der Waals surface area contributed by atoms with Crippen LogP contribution in [0.2, 0.25) is 0 Å². The Labute approximate surface area is 132 Å². The zero-order chi connectivity index (χ0) is 16.4. The van der Waals surface area contributed by atoms with E-state index in [4.69, 9.17) is 4.74 Å². The molecule has 0 saturated carbocycles. The van der Waals surface area contributed by atoms with Crippen LogP contribution in [0.15, 0.2) is 24.3 Å². The third-order valence-corrected chi connectivity index (χ3v) is 3.23. The van der Waals surface area contributed by atoms with E-state index in [9.17, 15) is 9.59 Å². The Morgan fingerprint density at radius 2 is 1.82 bits per heavy atom. The number of rotatable bonds is 9. The SMILES string of the molecule is CCCCCOc1ccc(C(=O)N[C@@H](C)C(=O)NCC)cc1. The van der Waals surface area contributed by atoms with E-state index in [2.05, 4.69) is 17.6 Å². The van der Waals surface area contributed by atoms with Crippen LogP contribution >= 0.6 is 0 Å². The molecule has 122 valence electrons. The first-order chi connectivity index (χ1) is 10.6. The molecule has 2 amide bonds. The molecule has 0 aliphatic carbocycles. The fourth-order valence-electron chi connectivity index (χ4n) is 1.92. The minimum Gasteiger partial charge on any atom is -0.494 e. The molecule has 5 nitrogen and oxygen atoms in total. The van der Waals surface area contributed by atoms with Gasteiger partial charge in [0.1, 0.15) is 11.8 Å². The molecule has 0 aromatic heterocycles. The van der Waals surface area contributed by atoms with Gasteiger partial charge in [0.25, 0.3) is 5.91 Å². The van der Waals surface area contributed by atoms with Crippen LogP contribution in [0, 0.1) is 0 Å². The molecule has 0 aliphatic heterocycles. The summed E-state index contributed by atoms with van der Waals surface area (Å²) in [4.78, 5) is 23.6. The standard InChI is InChI=1S/C17H26N2O3/c1-4-6-7-12-22-15-10-8-14(9-11-15)17(21)19-13(3)16(20)18-5-2/h8-11,13H,4-7,12H2,1-3H3,(H,18,20)(H,19,21)/t13-/m0/s1. The fourth-order valence-corrected chi connectivity index (χ4v) is 1.92. The van der Waals surface area contributed by atoms with Gasteiger partial charge in [-0.1, -0.05) is 19.8 Å². The number of hydrogen-bond acceptors (Lipinski definition) is 3. The van der Waals surface area contributed by atoms with E-state index in [0.717, 1.165) is 25.0 Å². The summed E-state index contributed by atoms with van der Waals surface area (Å²) < 4.78 is 5.60. The molecular weight excluding hydrogens is 280 g/mol. The van der Waals surface area contributed by atoms with Gasteiger partial charge in [-0.15, -0.1) is 0 Å². The summed E-state index contributed by atoms with van der Waals surface area (Å²) in [5.74, 6) is 0.299. The molecule has 0 radical (unpaired) electrons. The number of unbranched alkanes of at least 4 members (excludes halogenated alkanes) is 2. The number of nitrogens with one attached hydrogen (secondary N) is 2. The first-order valence-electron chi connectivity index (χ1n) is 7.89. The topological polar surface area (TPSA) is 67.4 Å². The predicted octanol–water partition coefficient (Wildman–Crippen LogP) is 2.51. The van der Waals surface area contributed by atoms with E-state index in [-0.39, 0.29) is 11.8 Å². The molecule has 5 heteroatoms. The average molecular weight is 306 g/mol. The molecule has 1 aromatic rings. The molecular formula is C17H26N2O3. The van der Waals surface area contributed by atoms with Gasteiger partial charge in [-0.25, -0.2) is 0 Å². The van der Waals surface area contributed by atoms with Gasteiger partial charge in [0.2, 0.25) is 5.91 Å². The van der Waals surface area contributed by atoms with E-state index in [0.29, 0.717) is 18.7 Å². The van der Waals surface area contributed by atoms with Crippen molar-refractivity contribution >= 4 is 11.8 Å². The van der Waals surface area contributed by atoms with Gasteiger partial charge in [0.05, 0.1) is 6.61 Å². The number of hydrogen-bond donors (Lipinski definition) is 2. The summed E-state index contributed by atoms with van der Waals surface area (Å²) in [6.45, 7) is 6.88. The molecule has 0 saturated heterocycles. The fraction of sp³-hybridized carbons (Fsp3) is 0.529. The molecule has 0 unspecified atom stereocenters. The summed E-state index contributed by atoms with van der Waals surface area (Å²) in [5.41, 5.74) is 0.511. The Bertz CT molecular complexity index is 471. The highest BCUT2D eigenvalue weighted by Crippen LogP contribution is 2.13. The van der Waals surface area contributed by atoms with Crippen molar-refractivity contribution in [1.82, 2.24) is 10.6 Å². The van der Waals surface area contributed by atoms with Crippen LogP contribution in [0.5, 0.6) is 5.75 Å². The Kier molecular flexibility index (Phi) is 8.04. The minimum absolute atomic E-state index is 0.188. The van der Waals surface area contributed by atoms with Gasteiger partial charge in [-0.05, 0) is 44.5 Å². The Hall–Kier alpha value is -2.04. The van der Waals surface area contributed by atoms with E-state index in [1.165, 1.54) is 0 Å². The predicted molar refractivity (Wildman–Crippen MR) is 87.1 cm³/mol. The second kappa shape index (κ2) is 9.82. The lowest BCUT2D eigenvalue weighted by Gasteiger charge is -2.13. The molecule has 0 heterocycles. The van der Waals surface area contributed by atoms with Crippen LogP contribution in [-0.4, -0.2) is 31.0 Å². The molecule has 1 rings (SSSR count). The number of amides is 2. The summed E-state index contributed by atoms with van der Waals surface area (Å²) in [6, 6.07) is 6.40. The molecule has 0 bridgehead atoms. The molecule has 0 aliphatic rings. The molecule has 1 atom stereocenters. The van der Waals surface area contributed by atoms with E-state index >= 15 is 0 Å². The van der Waals surface area contributed by atoms with Crippen LogP contribution in [0.4, 0.5) is 0 Å². The zero-order valence-electron chi connectivity index (χ0n) is 13.6. The van der Waals surface area contributed by atoms with E-state index in [1.807, 2.05) is 6.92 Å². The molecule has 2 N–H and O–H groups in total. The van der Waals surface area contributed by atoms with Crippen LogP contribution in [0.25, 0.3) is 0 Å². The number of likely N-dealkylation sites (N-methyl/N-ethyl adjacent to an activating group) is 1. The lowest BCUT2D eigenvalue weighted by Crippen LogP contribution is -2.44. The van der Waals surface area contributed by atoms with Crippen LogP contribution < -0.4 is 15.4 Å². The summed E-state index contributed by atoms with van der Waals surface area (Å²) in [6.07, 6.45) is 3.34. The number of benzene rings is 1. The second-order valence-electron chi connectivity index (χ2n) is 5.17. The van der Waals surface area contributed by atoms with Gasteiger partial charge in [-0.3, -0.25) is 9.59 Å². The maximum absolute atomic E-state index is 12.0. The highest BCUT2D eigenvalue weighted by Gasteiger charge is 2.15. The van der Waals surface area contributed by atoms with Crippen molar-refractivity contribution in [3.8, 4) is 5.75 Å². The highest BCUT2D eigenvalue weighted by atomic mass is 16.5. The maximum Gasteiger partial charge on any atom is 0.251 e. The van der Waals surface area contributed by atoms with Crippen molar-refractivity contribution in [2.45, 2.75) is 46.1 Å². The largest absolute Gasteiger partial charge is 0.494 e. The van der Waals surface area contributed by atoms with Gasteiger partial charge in [-0.2, -0.15) is 0 Å². The maximum atomic E-state index is 12.0. The average Bonchev–Trinajstić information content (AvgIpc) is 2.52. The Morgan fingerprint density at radius 3 is 2.41 bits per heavy atom. The quantitative estimate of drug-likeness (QED) is 0.689.